The summed E-state index contributed by atoms with van der Waals surface area (Å²) in [6.07, 6.45) is 0.126. The molecule has 1 saturated heterocycles. The molecule has 3 aromatic carbocycles. The molecule has 3 aromatic rings. The van der Waals surface area contributed by atoms with Crippen molar-refractivity contribution in [2.45, 2.75) is 32.4 Å². The van der Waals surface area contributed by atoms with E-state index in [0.29, 0.717) is 17.7 Å². The molecule has 1 unspecified atom stereocenters. The van der Waals surface area contributed by atoms with Crippen LogP contribution in [0.3, 0.4) is 0 Å². The number of nitrogens with zero attached hydrogens (tertiary/aromatic N) is 3. The fourth-order valence-corrected chi connectivity index (χ4v) is 5.17. The highest BCUT2D eigenvalue weighted by Crippen LogP contribution is 2.36. The lowest BCUT2D eigenvalue weighted by Crippen LogP contribution is -2.46. The molecule has 2 aliphatic heterocycles. The Balaban J connectivity index is 1.24. The average molecular weight is 501 g/mol. The molecule has 1 fully saturated rings. The van der Waals surface area contributed by atoms with Crippen LogP contribution < -0.4 is 15.0 Å². The maximum atomic E-state index is 13.4. The molecule has 0 amide bonds. The van der Waals surface area contributed by atoms with Crippen LogP contribution in [-0.2, 0) is 6.54 Å². The third-order valence-electron chi connectivity index (χ3n) is 6.99. The topological polar surface area (TPSA) is 88.0 Å². The Bertz CT molecular complexity index is 1300. The van der Waals surface area contributed by atoms with E-state index in [1.807, 2.05) is 50.2 Å². The fraction of sp³-hybridized carbons (Fsp3) is 0.345. The highest BCUT2D eigenvalue weighted by Gasteiger charge is 2.31. The summed E-state index contributed by atoms with van der Waals surface area (Å²) in [5.41, 5.74) is 4.36. The second-order valence-corrected chi connectivity index (χ2v) is 9.92. The lowest BCUT2D eigenvalue weighted by Gasteiger charge is -2.37. The highest BCUT2D eigenvalue weighted by molar-refractivity contribution is 6.03. The number of hydrogen-bond donors (Lipinski definition) is 1. The lowest BCUT2D eigenvalue weighted by molar-refractivity contribution is -0.384. The molecule has 5 rings (SSSR count). The summed E-state index contributed by atoms with van der Waals surface area (Å²) in [6.45, 7) is 8.93. The van der Waals surface area contributed by atoms with Gasteiger partial charge in [-0.1, -0.05) is 30.3 Å². The van der Waals surface area contributed by atoms with E-state index < -0.39 is 10.8 Å². The van der Waals surface area contributed by atoms with Crippen molar-refractivity contribution < 1.29 is 14.5 Å². The molecule has 8 nitrogen and oxygen atoms in total. The van der Waals surface area contributed by atoms with Gasteiger partial charge in [0, 0.05) is 62.7 Å². The van der Waals surface area contributed by atoms with E-state index in [1.54, 1.807) is 6.07 Å². The predicted octanol–water partition coefficient (Wildman–Crippen LogP) is 5.10. The molecule has 8 heteroatoms. The number of carbonyl (C=O) groups excluding carboxylic acids is 1. The monoisotopic (exact) mass is 500 g/mol. The van der Waals surface area contributed by atoms with Gasteiger partial charge in [0.15, 0.2) is 5.78 Å². The van der Waals surface area contributed by atoms with Crippen LogP contribution in [0.1, 0.15) is 41.3 Å². The van der Waals surface area contributed by atoms with E-state index >= 15 is 0 Å². The predicted molar refractivity (Wildman–Crippen MR) is 145 cm³/mol. The molecule has 2 heterocycles. The maximum absolute atomic E-state index is 13.4. The molecule has 0 spiro atoms. The summed E-state index contributed by atoms with van der Waals surface area (Å²) in [7, 11) is 0. The summed E-state index contributed by atoms with van der Waals surface area (Å²) >= 11 is 0. The van der Waals surface area contributed by atoms with Gasteiger partial charge in [-0.2, -0.15) is 0 Å². The van der Waals surface area contributed by atoms with Gasteiger partial charge in [-0.3, -0.25) is 19.8 Å². The Labute approximate surface area is 217 Å². The molecular formula is C29H32N4O4. The number of non-ortho nitro benzene ring substituents is 1. The Morgan fingerprint density at radius 3 is 2.59 bits per heavy atom. The standard InChI is InChI=1S/C29H32N4O4/c1-20(2)37-28-9-4-3-8-27(28)32-14-12-31(13-15-32)19-21-6-5-7-22(16-21)29(34)25-18-30-26-11-10-23(33(35)36)17-24(25)26/h3-11,16-17,20,25,30H,12-15,18-19H2,1-2H3. The van der Waals surface area contributed by atoms with Crippen LogP contribution in [-0.4, -0.2) is 54.4 Å². The van der Waals surface area contributed by atoms with Crippen molar-refractivity contribution in [1.82, 2.24) is 4.90 Å². The quantitative estimate of drug-likeness (QED) is 0.262. The molecule has 2 aliphatic rings. The number of nitrogens with one attached hydrogen (secondary N) is 1. The van der Waals surface area contributed by atoms with Crippen LogP contribution in [0.4, 0.5) is 17.1 Å². The third-order valence-corrected chi connectivity index (χ3v) is 6.99. The molecule has 0 saturated carbocycles. The van der Waals surface area contributed by atoms with Crippen LogP contribution >= 0.6 is 0 Å². The first kappa shape index (κ1) is 24.8. The summed E-state index contributed by atoms with van der Waals surface area (Å²) < 4.78 is 6.01. The number of Topliss-reactive ketones (excluding diaryl/α,β-unsaturated/α-hetero) is 1. The molecule has 0 radical (unpaired) electrons. The SMILES string of the molecule is CC(C)Oc1ccccc1N1CCN(Cc2cccc(C(=O)C3CNc4ccc([N+](=O)[O-])cc43)c2)CC1. The van der Waals surface area contributed by atoms with Crippen LogP contribution in [0.15, 0.2) is 66.7 Å². The van der Waals surface area contributed by atoms with Crippen molar-refractivity contribution in [3.63, 3.8) is 0 Å². The number of nitro benzene ring substituents is 1. The number of carbonyl (C=O) groups is 1. The second-order valence-electron chi connectivity index (χ2n) is 9.92. The Morgan fingerprint density at radius 2 is 1.84 bits per heavy atom. The second kappa shape index (κ2) is 10.6. The van der Waals surface area contributed by atoms with Crippen molar-refractivity contribution in [2.75, 3.05) is 42.9 Å². The van der Waals surface area contributed by atoms with Crippen LogP contribution in [0.5, 0.6) is 5.75 Å². The molecule has 0 aliphatic carbocycles. The number of anilines is 2. The van der Waals surface area contributed by atoms with Gasteiger partial charge in [0.25, 0.3) is 5.69 Å². The zero-order chi connectivity index (χ0) is 25.9. The van der Waals surface area contributed by atoms with Crippen molar-refractivity contribution in [3.8, 4) is 5.75 Å². The molecule has 0 aromatic heterocycles. The van der Waals surface area contributed by atoms with Gasteiger partial charge in [-0.05, 0) is 49.2 Å². The smallest absolute Gasteiger partial charge is 0.269 e. The molecule has 1 atom stereocenters. The number of fused-ring (bicyclic) bond motifs is 1. The largest absolute Gasteiger partial charge is 0.489 e. The lowest BCUT2D eigenvalue weighted by atomic mass is 9.91. The van der Waals surface area contributed by atoms with Crippen molar-refractivity contribution in [1.29, 1.82) is 0 Å². The molecule has 192 valence electrons. The zero-order valence-electron chi connectivity index (χ0n) is 21.2. The summed E-state index contributed by atoms with van der Waals surface area (Å²) in [6, 6.07) is 20.7. The third kappa shape index (κ3) is 5.44. The first-order valence-corrected chi connectivity index (χ1v) is 12.8. The van der Waals surface area contributed by atoms with Gasteiger partial charge in [0.05, 0.1) is 22.6 Å². The molecule has 0 bridgehead atoms. The number of benzene rings is 3. The van der Waals surface area contributed by atoms with Gasteiger partial charge in [0.1, 0.15) is 5.75 Å². The number of piperazine rings is 1. The molecule has 37 heavy (non-hydrogen) atoms. The van der Waals surface area contributed by atoms with Crippen LogP contribution in [0, 0.1) is 10.1 Å². The van der Waals surface area contributed by atoms with E-state index in [2.05, 4.69) is 27.2 Å². The van der Waals surface area contributed by atoms with Gasteiger partial charge in [-0.25, -0.2) is 0 Å². The number of para-hydroxylation sites is 2. The zero-order valence-corrected chi connectivity index (χ0v) is 21.2. The Kier molecular flexibility index (Phi) is 7.10. The van der Waals surface area contributed by atoms with Gasteiger partial charge in [0.2, 0.25) is 0 Å². The van der Waals surface area contributed by atoms with Gasteiger partial charge in [-0.15, -0.1) is 0 Å². The number of hydrogen-bond acceptors (Lipinski definition) is 7. The molecule has 1 N–H and O–H groups in total. The summed E-state index contributed by atoms with van der Waals surface area (Å²) in [5.74, 6) is 0.479. The maximum Gasteiger partial charge on any atom is 0.269 e. The summed E-state index contributed by atoms with van der Waals surface area (Å²) in [4.78, 5) is 29.0. The first-order chi connectivity index (χ1) is 17.9. The van der Waals surface area contributed by atoms with E-state index in [0.717, 1.165) is 55.4 Å². The fourth-order valence-electron chi connectivity index (χ4n) is 5.17. The van der Waals surface area contributed by atoms with E-state index in [-0.39, 0.29) is 17.6 Å². The van der Waals surface area contributed by atoms with E-state index in [9.17, 15) is 14.9 Å². The van der Waals surface area contributed by atoms with Crippen molar-refractivity contribution in [2.24, 2.45) is 0 Å². The van der Waals surface area contributed by atoms with Crippen LogP contribution in [0.25, 0.3) is 0 Å². The highest BCUT2D eigenvalue weighted by atomic mass is 16.6. The van der Waals surface area contributed by atoms with Crippen molar-refractivity contribution >= 4 is 22.8 Å². The Hall–Kier alpha value is -3.91. The number of ether oxygens (including phenoxy) is 1. The molecular weight excluding hydrogens is 468 g/mol. The van der Waals surface area contributed by atoms with E-state index in [4.69, 9.17) is 4.74 Å². The van der Waals surface area contributed by atoms with E-state index in [1.165, 1.54) is 12.1 Å². The van der Waals surface area contributed by atoms with Gasteiger partial charge >= 0.3 is 0 Å². The summed E-state index contributed by atoms with van der Waals surface area (Å²) in [5, 5.41) is 14.4. The first-order valence-electron chi connectivity index (χ1n) is 12.8. The van der Waals surface area contributed by atoms with Gasteiger partial charge < -0.3 is 15.0 Å². The average Bonchev–Trinajstić information content (AvgIpc) is 3.32. The number of ketones is 1. The van der Waals surface area contributed by atoms with Crippen LogP contribution in [0.2, 0.25) is 0 Å². The number of rotatable bonds is 8. The minimum atomic E-state index is -0.429. The normalized spacial score (nSPS) is 17.4. The minimum absolute atomic E-state index is 0.00605. The Morgan fingerprint density at radius 1 is 1.05 bits per heavy atom. The number of nitro groups is 1. The minimum Gasteiger partial charge on any atom is -0.489 e. The van der Waals surface area contributed by atoms with Crippen molar-refractivity contribution in [3.05, 3.63) is 93.5 Å².